The highest BCUT2D eigenvalue weighted by molar-refractivity contribution is 5.20. The molecular formula is C15H21F2NO2. The van der Waals surface area contributed by atoms with Crippen LogP contribution >= 0.6 is 0 Å². The summed E-state index contributed by atoms with van der Waals surface area (Å²) in [5, 5.41) is 20.0. The molecule has 0 saturated carbocycles. The van der Waals surface area contributed by atoms with E-state index < -0.39 is 23.8 Å². The van der Waals surface area contributed by atoms with Gasteiger partial charge >= 0.3 is 0 Å². The Balaban J connectivity index is 2.05. The maximum Gasteiger partial charge on any atom is 0.159 e. The van der Waals surface area contributed by atoms with E-state index in [0.717, 1.165) is 37.9 Å². The molecule has 0 unspecified atom stereocenters. The molecule has 0 aliphatic carbocycles. The van der Waals surface area contributed by atoms with Crippen LogP contribution in [0, 0.1) is 11.6 Å². The van der Waals surface area contributed by atoms with Gasteiger partial charge in [0.1, 0.15) is 0 Å². The van der Waals surface area contributed by atoms with E-state index in [4.69, 9.17) is 0 Å². The van der Waals surface area contributed by atoms with Gasteiger partial charge < -0.3 is 10.2 Å². The van der Waals surface area contributed by atoms with Gasteiger partial charge in [-0.3, -0.25) is 4.90 Å². The van der Waals surface area contributed by atoms with Crippen LogP contribution in [0.4, 0.5) is 8.78 Å². The van der Waals surface area contributed by atoms with Crippen molar-refractivity contribution in [2.75, 3.05) is 13.1 Å². The van der Waals surface area contributed by atoms with Gasteiger partial charge in [-0.25, -0.2) is 8.78 Å². The van der Waals surface area contributed by atoms with Crippen molar-refractivity contribution in [3.8, 4) is 0 Å². The Morgan fingerprint density at radius 1 is 1.25 bits per heavy atom. The lowest BCUT2D eigenvalue weighted by atomic mass is 9.97. The molecule has 0 radical (unpaired) electrons. The average molecular weight is 285 g/mol. The summed E-state index contributed by atoms with van der Waals surface area (Å²) >= 11 is 0. The van der Waals surface area contributed by atoms with Crippen LogP contribution in [0.15, 0.2) is 18.2 Å². The summed E-state index contributed by atoms with van der Waals surface area (Å²) in [7, 11) is 0. The topological polar surface area (TPSA) is 43.7 Å². The third kappa shape index (κ3) is 3.53. The summed E-state index contributed by atoms with van der Waals surface area (Å²) in [5.74, 6) is -1.87. The highest BCUT2D eigenvalue weighted by atomic mass is 19.2. The molecular weight excluding hydrogens is 264 g/mol. The Morgan fingerprint density at radius 3 is 2.65 bits per heavy atom. The number of hydrogen-bond acceptors (Lipinski definition) is 3. The molecule has 20 heavy (non-hydrogen) atoms. The highest BCUT2D eigenvalue weighted by Gasteiger charge is 2.28. The number of benzene rings is 1. The average Bonchev–Trinajstić information content (AvgIpc) is 2.42. The first-order valence-electron chi connectivity index (χ1n) is 7.04. The third-order valence-electron chi connectivity index (χ3n) is 3.96. The molecule has 5 heteroatoms. The minimum atomic E-state index is -0.952. The number of likely N-dealkylation sites (tertiary alicyclic amines) is 1. The first-order chi connectivity index (χ1) is 9.49. The van der Waals surface area contributed by atoms with Crippen molar-refractivity contribution in [1.82, 2.24) is 4.90 Å². The Morgan fingerprint density at radius 2 is 2.00 bits per heavy atom. The van der Waals surface area contributed by atoms with E-state index in [1.807, 2.05) is 4.90 Å². The molecule has 3 nitrogen and oxygen atoms in total. The first kappa shape index (κ1) is 15.4. The molecule has 1 aromatic rings. The van der Waals surface area contributed by atoms with E-state index in [1.54, 1.807) is 6.92 Å². The van der Waals surface area contributed by atoms with E-state index in [2.05, 4.69) is 0 Å². The molecule has 1 aliphatic rings. The Kier molecular flexibility index (Phi) is 5.07. The molecule has 2 rings (SSSR count). The van der Waals surface area contributed by atoms with Crippen LogP contribution in [0.5, 0.6) is 0 Å². The molecule has 1 saturated heterocycles. The fourth-order valence-electron chi connectivity index (χ4n) is 2.84. The number of aliphatic hydroxyl groups excluding tert-OH is 2. The van der Waals surface area contributed by atoms with Crippen molar-refractivity contribution in [1.29, 1.82) is 0 Å². The Bertz CT molecular complexity index is 453. The minimum absolute atomic E-state index is 0.0173. The maximum absolute atomic E-state index is 13.2. The molecule has 1 aliphatic heterocycles. The van der Waals surface area contributed by atoms with E-state index in [9.17, 15) is 19.0 Å². The van der Waals surface area contributed by atoms with Crippen LogP contribution < -0.4 is 0 Å². The zero-order valence-electron chi connectivity index (χ0n) is 11.6. The number of piperidine rings is 1. The minimum Gasteiger partial charge on any atom is -0.392 e. The summed E-state index contributed by atoms with van der Waals surface area (Å²) in [6.45, 7) is 2.86. The summed E-state index contributed by atoms with van der Waals surface area (Å²) < 4.78 is 26.1. The summed E-state index contributed by atoms with van der Waals surface area (Å²) in [4.78, 5) is 2.03. The lowest BCUT2D eigenvalue weighted by Crippen LogP contribution is -2.47. The molecule has 1 fully saturated rings. The van der Waals surface area contributed by atoms with Gasteiger partial charge in [0.05, 0.1) is 12.2 Å². The predicted molar refractivity (Wildman–Crippen MR) is 72.2 cm³/mol. The first-order valence-corrected chi connectivity index (χ1v) is 7.04. The van der Waals surface area contributed by atoms with Gasteiger partial charge in [-0.1, -0.05) is 12.5 Å². The standard InChI is InChI=1S/C15H21F2NO2/c1-10(19)14-4-2-3-7-18(14)9-15(20)11-5-6-12(16)13(17)8-11/h5-6,8,10,14-15,19-20H,2-4,7,9H2,1H3/t10-,14-,15-/m0/s1. The van der Waals surface area contributed by atoms with Crippen molar-refractivity contribution in [2.24, 2.45) is 0 Å². The molecule has 1 heterocycles. The number of hydrogen-bond donors (Lipinski definition) is 2. The number of rotatable bonds is 4. The molecule has 0 amide bonds. The summed E-state index contributed by atoms with van der Waals surface area (Å²) in [5.41, 5.74) is 0.360. The van der Waals surface area contributed by atoms with Gasteiger partial charge in [0, 0.05) is 12.6 Å². The zero-order chi connectivity index (χ0) is 14.7. The smallest absolute Gasteiger partial charge is 0.159 e. The molecule has 3 atom stereocenters. The molecule has 2 N–H and O–H groups in total. The molecule has 0 bridgehead atoms. The van der Waals surface area contributed by atoms with Crippen molar-refractivity contribution in [2.45, 2.75) is 44.4 Å². The molecule has 0 aromatic heterocycles. The van der Waals surface area contributed by atoms with Gasteiger partial charge in [-0.05, 0) is 44.0 Å². The second-order valence-corrected chi connectivity index (χ2v) is 5.49. The van der Waals surface area contributed by atoms with Crippen LogP contribution in [-0.4, -0.2) is 40.3 Å². The Labute approximate surface area is 117 Å². The van der Waals surface area contributed by atoms with Gasteiger partial charge in [0.15, 0.2) is 11.6 Å². The van der Waals surface area contributed by atoms with Crippen molar-refractivity contribution in [3.05, 3.63) is 35.4 Å². The monoisotopic (exact) mass is 285 g/mol. The molecule has 1 aromatic carbocycles. The van der Waals surface area contributed by atoms with Crippen LogP contribution in [0.25, 0.3) is 0 Å². The zero-order valence-corrected chi connectivity index (χ0v) is 11.6. The normalized spacial score (nSPS) is 23.6. The van der Waals surface area contributed by atoms with Crippen LogP contribution in [0.2, 0.25) is 0 Å². The molecule has 0 spiro atoms. The Hall–Kier alpha value is -1.04. The third-order valence-corrected chi connectivity index (χ3v) is 3.96. The van der Waals surface area contributed by atoms with Gasteiger partial charge in [0.2, 0.25) is 0 Å². The fraction of sp³-hybridized carbons (Fsp3) is 0.600. The maximum atomic E-state index is 13.2. The highest BCUT2D eigenvalue weighted by Crippen LogP contribution is 2.24. The second kappa shape index (κ2) is 6.61. The predicted octanol–water partition coefficient (Wildman–Crippen LogP) is 2.23. The van der Waals surface area contributed by atoms with Gasteiger partial charge in [0.25, 0.3) is 0 Å². The summed E-state index contributed by atoms with van der Waals surface area (Å²) in [6.07, 6.45) is 1.63. The van der Waals surface area contributed by atoms with Crippen molar-refractivity contribution in [3.63, 3.8) is 0 Å². The van der Waals surface area contributed by atoms with Crippen LogP contribution in [-0.2, 0) is 0 Å². The number of nitrogens with zero attached hydrogens (tertiary/aromatic N) is 1. The van der Waals surface area contributed by atoms with Crippen LogP contribution in [0.3, 0.4) is 0 Å². The molecule has 112 valence electrons. The second-order valence-electron chi connectivity index (χ2n) is 5.49. The van der Waals surface area contributed by atoms with Gasteiger partial charge in [-0.15, -0.1) is 0 Å². The number of β-amino-alcohol motifs (C(OH)–C–C–N with tert-alkyl or cyclic N) is 1. The van der Waals surface area contributed by atoms with Gasteiger partial charge in [-0.2, -0.15) is 0 Å². The SMILES string of the molecule is C[C@H](O)[C@@H]1CCCCN1C[C@H](O)c1ccc(F)c(F)c1. The summed E-state index contributed by atoms with van der Waals surface area (Å²) in [6, 6.07) is 3.46. The van der Waals surface area contributed by atoms with Crippen LogP contribution in [0.1, 0.15) is 37.9 Å². The van der Waals surface area contributed by atoms with Crippen molar-refractivity contribution >= 4 is 0 Å². The quantitative estimate of drug-likeness (QED) is 0.891. The lowest BCUT2D eigenvalue weighted by Gasteiger charge is -2.38. The number of halogens is 2. The lowest BCUT2D eigenvalue weighted by molar-refractivity contribution is 0.00755. The van der Waals surface area contributed by atoms with E-state index in [0.29, 0.717) is 12.1 Å². The van der Waals surface area contributed by atoms with E-state index in [-0.39, 0.29) is 6.04 Å². The number of aliphatic hydroxyl groups is 2. The van der Waals surface area contributed by atoms with E-state index in [1.165, 1.54) is 6.07 Å². The van der Waals surface area contributed by atoms with Crippen molar-refractivity contribution < 1.29 is 19.0 Å². The fourth-order valence-corrected chi connectivity index (χ4v) is 2.84. The van der Waals surface area contributed by atoms with E-state index >= 15 is 0 Å². The largest absolute Gasteiger partial charge is 0.392 e.